The lowest BCUT2D eigenvalue weighted by atomic mass is 9.97. The van der Waals surface area contributed by atoms with Gasteiger partial charge in [-0.3, -0.25) is 14.6 Å². The van der Waals surface area contributed by atoms with Crippen LogP contribution in [0.1, 0.15) is 36.7 Å². The minimum Gasteiger partial charge on any atom is -0.452 e. The van der Waals surface area contributed by atoms with Crippen LogP contribution in [-0.4, -0.2) is 16.7 Å². The van der Waals surface area contributed by atoms with Crippen LogP contribution in [0.25, 0.3) is 6.08 Å². The molecule has 0 aliphatic carbocycles. The summed E-state index contributed by atoms with van der Waals surface area (Å²) in [4.78, 5) is 28.3. The first kappa shape index (κ1) is 15.9. The van der Waals surface area contributed by atoms with Gasteiger partial charge in [0.15, 0.2) is 5.76 Å². The van der Waals surface area contributed by atoms with Crippen molar-refractivity contribution in [3.8, 4) is 11.5 Å². The first-order valence-electron chi connectivity index (χ1n) is 7.55. The van der Waals surface area contributed by atoms with E-state index in [-0.39, 0.29) is 17.5 Å². The fourth-order valence-electron chi connectivity index (χ4n) is 2.10. The topological polar surface area (TPSA) is 65.5 Å². The molecule has 3 rings (SSSR count). The molecule has 5 heteroatoms. The number of aromatic nitrogens is 1. The van der Waals surface area contributed by atoms with E-state index in [1.54, 1.807) is 63.5 Å². The van der Waals surface area contributed by atoms with Crippen LogP contribution in [-0.2, 0) is 4.79 Å². The average molecular weight is 323 g/mol. The van der Waals surface area contributed by atoms with E-state index in [2.05, 4.69) is 4.98 Å². The number of Topliss-reactive ketones (excluding diaryl/α,β-unsaturated/α-hetero) is 1. The third kappa shape index (κ3) is 3.20. The number of carbonyl (C=O) groups excluding carboxylic acids is 2. The van der Waals surface area contributed by atoms with E-state index in [0.717, 1.165) is 5.56 Å². The molecule has 24 heavy (non-hydrogen) atoms. The molecule has 1 aliphatic rings. The lowest BCUT2D eigenvalue weighted by Gasteiger charge is -2.16. The lowest BCUT2D eigenvalue weighted by Crippen LogP contribution is -2.25. The molecule has 0 atom stereocenters. The van der Waals surface area contributed by atoms with Crippen molar-refractivity contribution in [3.05, 3.63) is 59.6 Å². The predicted octanol–water partition coefficient (Wildman–Crippen LogP) is 3.65. The predicted molar refractivity (Wildman–Crippen MR) is 88.7 cm³/mol. The van der Waals surface area contributed by atoms with Crippen molar-refractivity contribution < 1.29 is 19.1 Å². The molecule has 0 saturated carbocycles. The number of pyridine rings is 1. The smallest absolute Gasteiger partial charge is 0.316 e. The Kier molecular flexibility index (Phi) is 3.93. The highest BCUT2D eigenvalue weighted by atomic mass is 16.5. The molecule has 0 radical (unpaired) electrons. The Morgan fingerprint density at radius 3 is 2.71 bits per heavy atom. The van der Waals surface area contributed by atoms with Gasteiger partial charge in [0.25, 0.3) is 0 Å². The van der Waals surface area contributed by atoms with Crippen molar-refractivity contribution in [2.75, 3.05) is 0 Å². The maximum absolute atomic E-state index is 12.4. The molecule has 0 N–H and O–H groups in total. The number of ether oxygens (including phenoxy) is 2. The number of hydrogen-bond acceptors (Lipinski definition) is 5. The van der Waals surface area contributed by atoms with Crippen LogP contribution < -0.4 is 9.47 Å². The molecule has 5 nitrogen and oxygen atoms in total. The molecular formula is C19H17NO4. The Balaban J connectivity index is 1.85. The van der Waals surface area contributed by atoms with Crippen molar-refractivity contribution in [2.24, 2.45) is 5.41 Å². The van der Waals surface area contributed by atoms with Crippen LogP contribution in [0, 0.1) is 5.41 Å². The molecule has 2 heterocycles. The number of allylic oxidation sites excluding steroid dienone is 1. The number of carbonyl (C=O) groups is 2. The van der Waals surface area contributed by atoms with Gasteiger partial charge in [0, 0.05) is 18.5 Å². The quantitative estimate of drug-likeness (QED) is 0.479. The largest absolute Gasteiger partial charge is 0.452 e. The van der Waals surface area contributed by atoms with Crippen LogP contribution >= 0.6 is 0 Å². The maximum atomic E-state index is 12.4. The van der Waals surface area contributed by atoms with Gasteiger partial charge < -0.3 is 9.47 Å². The molecule has 0 saturated heterocycles. The van der Waals surface area contributed by atoms with Gasteiger partial charge in [-0.2, -0.15) is 0 Å². The molecule has 0 spiro atoms. The first-order valence-corrected chi connectivity index (χ1v) is 7.55. The highest BCUT2D eigenvalue weighted by Crippen LogP contribution is 2.35. The van der Waals surface area contributed by atoms with E-state index < -0.39 is 5.41 Å². The molecule has 1 aromatic heterocycles. The molecule has 2 aromatic rings. The van der Waals surface area contributed by atoms with Gasteiger partial charge in [-0.25, -0.2) is 0 Å². The van der Waals surface area contributed by atoms with Gasteiger partial charge in [-0.05, 0) is 50.6 Å². The van der Waals surface area contributed by atoms with Gasteiger partial charge in [-0.15, -0.1) is 0 Å². The van der Waals surface area contributed by atoms with Crippen LogP contribution in [0.4, 0.5) is 0 Å². The fourth-order valence-corrected chi connectivity index (χ4v) is 2.10. The van der Waals surface area contributed by atoms with E-state index >= 15 is 0 Å². The second kappa shape index (κ2) is 5.92. The molecule has 0 unspecified atom stereocenters. The summed E-state index contributed by atoms with van der Waals surface area (Å²) in [5.74, 6) is 0.399. The zero-order valence-corrected chi connectivity index (χ0v) is 13.7. The van der Waals surface area contributed by atoms with E-state index in [4.69, 9.17) is 9.47 Å². The van der Waals surface area contributed by atoms with E-state index in [0.29, 0.717) is 17.1 Å². The number of benzene rings is 1. The second-order valence-corrected chi connectivity index (χ2v) is 6.52. The van der Waals surface area contributed by atoms with Gasteiger partial charge in [0.05, 0.1) is 11.0 Å². The summed E-state index contributed by atoms with van der Waals surface area (Å²) >= 11 is 0. The number of esters is 1. The third-order valence-corrected chi connectivity index (χ3v) is 3.45. The molecule has 0 bridgehead atoms. The molecule has 0 fully saturated rings. The van der Waals surface area contributed by atoms with Crippen molar-refractivity contribution in [2.45, 2.75) is 20.8 Å². The molecule has 0 amide bonds. The summed E-state index contributed by atoms with van der Waals surface area (Å²) in [5, 5.41) is 0. The zero-order chi connectivity index (χ0) is 17.3. The van der Waals surface area contributed by atoms with Crippen LogP contribution in [0.3, 0.4) is 0 Å². The number of hydrogen-bond donors (Lipinski definition) is 0. The molecule has 1 aliphatic heterocycles. The number of ketones is 1. The Hall–Kier alpha value is -2.95. The average Bonchev–Trinajstić information content (AvgIpc) is 2.83. The van der Waals surface area contributed by atoms with E-state index in [1.807, 2.05) is 6.07 Å². The lowest BCUT2D eigenvalue weighted by molar-refractivity contribution is -0.142. The highest BCUT2D eigenvalue weighted by molar-refractivity contribution is 6.14. The molecular weight excluding hydrogens is 306 g/mol. The second-order valence-electron chi connectivity index (χ2n) is 6.52. The Morgan fingerprint density at radius 1 is 1.25 bits per heavy atom. The number of nitrogens with zero attached hydrogens (tertiary/aromatic N) is 1. The minimum absolute atomic E-state index is 0.206. The summed E-state index contributed by atoms with van der Waals surface area (Å²) in [6.07, 6.45) is 4.93. The molecule has 1 aromatic carbocycles. The summed E-state index contributed by atoms with van der Waals surface area (Å²) in [7, 11) is 0. The Labute approximate surface area is 139 Å². The fraction of sp³-hybridized carbons (Fsp3) is 0.211. The van der Waals surface area contributed by atoms with Gasteiger partial charge in [0.2, 0.25) is 5.78 Å². The van der Waals surface area contributed by atoms with Crippen LogP contribution in [0.15, 0.2) is 48.5 Å². The van der Waals surface area contributed by atoms with Gasteiger partial charge in [0.1, 0.15) is 11.5 Å². The zero-order valence-electron chi connectivity index (χ0n) is 13.7. The summed E-state index contributed by atoms with van der Waals surface area (Å²) < 4.78 is 11.0. The van der Waals surface area contributed by atoms with E-state index in [1.165, 1.54) is 0 Å². The monoisotopic (exact) mass is 323 g/mol. The number of fused-ring (bicyclic) bond motifs is 1. The summed E-state index contributed by atoms with van der Waals surface area (Å²) in [6.45, 7) is 5.33. The SMILES string of the molecule is CC(C)(C)C(=O)Oc1ccc2c(c1)O/C(=C\c1cccnc1)C2=O. The first-order chi connectivity index (χ1) is 11.3. The van der Waals surface area contributed by atoms with Crippen molar-refractivity contribution in [3.63, 3.8) is 0 Å². The summed E-state index contributed by atoms with van der Waals surface area (Å²) in [6, 6.07) is 8.36. The minimum atomic E-state index is -0.610. The maximum Gasteiger partial charge on any atom is 0.316 e. The van der Waals surface area contributed by atoms with Gasteiger partial charge >= 0.3 is 5.97 Å². The van der Waals surface area contributed by atoms with E-state index in [9.17, 15) is 9.59 Å². The van der Waals surface area contributed by atoms with Crippen LogP contribution in [0.2, 0.25) is 0 Å². The van der Waals surface area contributed by atoms with Crippen molar-refractivity contribution in [1.29, 1.82) is 0 Å². The number of rotatable bonds is 2. The highest BCUT2D eigenvalue weighted by Gasteiger charge is 2.29. The third-order valence-electron chi connectivity index (χ3n) is 3.45. The normalized spacial score (nSPS) is 15.1. The Bertz CT molecular complexity index is 832. The van der Waals surface area contributed by atoms with Crippen molar-refractivity contribution >= 4 is 17.8 Å². The molecule has 122 valence electrons. The van der Waals surface area contributed by atoms with Crippen molar-refractivity contribution in [1.82, 2.24) is 4.98 Å². The van der Waals surface area contributed by atoms with Gasteiger partial charge in [-0.1, -0.05) is 6.07 Å². The standard InChI is InChI=1S/C19H17NO4/c1-19(2,3)18(22)23-13-6-7-14-15(10-13)24-16(17(14)21)9-12-5-4-8-20-11-12/h4-11H,1-3H3/b16-9-. The van der Waals surface area contributed by atoms with Crippen LogP contribution in [0.5, 0.6) is 11.5 Å². The Morgan fingerprint density at radius 2 is 2.04 bits per heavy atom. The summed E-state index contributed by atoms with van der Waals surface area (Å²) in [5.41, 5.74) is 0.606.